The van der Waals surface area contributed by atoms with Gasteiger partial charge in [-0.25, -0.2) is 0 Å². The van der Waals surface area contributed by atoms with Crippen LogP contribution in [0.5, 0.6) is 0 Å². The van der Waals surface area contributed by atoms with Gasteiger partial charge in [0.25, 0.3) is 0 Å². The highest BCUT2D eigenvalue weighted by Gasteiger charge is 2.31. The molecule has 1 heterocycles. The summed E-state index contributed by atoms with van der Waals surface area (Å²) in [5.41, 5.74) is 0.974. The van der Waals surface area contributed by atoms with Crippen molar-refractivity contribution < 1.29 is 9.84 Å². The molecule has 0 saturated heterocycles. The molecule has 0 aliphatic heterocycles. The van der Waals surface area contributed by atoms with E-state index >= 15 is 0 Å². The fourth-order valence-electron chi connectivity index (χ4n) is 1.96. The van der Waals surface area contributed by atoms with Crippen molar-refractivity contribution in [1.29, 1.82) is 0 Å². The Bertz CT molecular complexity index is 366. The highest BCUT2D eigenvalue weighted by molar-refractivity contribution is 5.16. The average Bonchev–Trinajstić information content (AvgIpc) is 3.05. The molecular weight excluding hydrogens is 214 g/mol. The monoisotopic (exact) mass is 237 g/mol. The lowest BCUT2D eigenvalue weighted by atomic mass is 10.1. The minimum Gasteiger partial charge on any atom is -0.388 e. The molecule has 1 aromatic heterocycles. The third-order valence-electron chi connectivity index (χ3n) is 3.71. The Balaban J connectivity index is 1.89. The highest BCUT2D eigenvalue weighted by Crippen LogP contribution is 2.40. The first-order valence-corrected chi connectivity index (χ1v) is 6.41. The molecule has 1 aromatic rings. The number of hydrogen-bond donors (Lipinski definition) is 1. The van der Waals surface area contributed by atoms with Gasteiger partial charge in [-0.2, -0.15) is 0 Å². The lowest BCUT2D eigenvalue weighted by Gasteiger charge is -2.22. The minimum atomic E-state index is -0.258. The number of nitrogens with zero attached hydrogens (tertiary/aromatic N) is 1. The summed E-state index contributed by atoms with van der Waals surface area (Å²) in [5.74, 6) is 0.501. The topological polar surface area (TPSA) is 34.4 Å². The maximum absolute atomic E-state index is 10.0. The Hall–Kier alpha value is -0.800. The number of methoxy groups -OCH3 is 1. The van der Waals surface area contributed by atoms with E-state index in [-0.39, 0.29) is 11.7 Å². The molecule has 1 saturated carbocycles. The van der Waals surface area contributed by atoms with Gasteiger partial charge in [0.2, 0.25) is 0 Å². The quantitative estimate of drug-likeness (QED) is 0.825. The SMILES string of the molecule is COC(C)(C)CCn1ccc(C(O)C2CC2)c1. The molecule has 2 rings (SSSR count). The molecule has 0 amide bonds. The summed E-state index contributed by atoms with van der Waals surface area (Å²) >= 11 is 0. The lowest BCUT2D eigenvalue weighted by molar-refractivity contribution is 0.0120. The van der Waals surface area contributed by atoms with Crippen LogP contribution in [-0.4, -0.2) is 22.4 Å². The van der Waals surface area contributed by atoms with Gasteiger partial charge in [-0.05, 0) is 50.7 Å². The van der Waals surface area contributed by atoms with E-state index < -0.39 is 0 Å². The van der Waals surface area contributed by atoms with E-state index in [2.05, 4.69) is 24.6 Å². The van der Waals surface area contributed by atoms with Gasteiger partial charge in [-0.3, -0.25) is 0 Å². The number of rotatable bonds is 6. The molecule has 1 atom stereocenters. The molecule has 3 heteroatoms. The molecule has 0 spiro atoms. The third-order valence-corrected chi connectivity index (χ3v) is 3.71. The van der Waals surface area contributed by atoms with Gasteiger partial charge < -0.3 is 14.4 Å². The van der Waals surface area contributed by atoms with E-state index in [0.717, 1.165) is 18.5 Å². The predicted molar refractivity (Wildman–Crippen MR) is 67.8 cm³/mol. The number of aromatic nitrogens is 1. The molecule has 0 aromatic carbocycles. The second kappa shape index (κ2) is 4.83. The lowest BCUT2D eigenvalue weighted by Crippen LogP contribution is -2.24. The number of aliphatic hydroxyl groups excluding tert-OH is 1. The molecule has 0 radical (unpaired) electrons. The molecular formula is C14H23NO2. The van der Waals surface area contributed by atoms with Gasteiger partial charge in [0.1, 0.15) is 0 Å². The number of ether oxygens (including phenoxy) is 1. The molecule has 1 aliphatic rings. The second-order valence-electron chi connectivity index (χ2n) is 5.68. The molecule has 1 unspecified atom stereocenters. The Morgan fingerprint density at radius 2 is 2.24 bits per heavy atom. The van der Waals surface area contributed by atoms with Gasteiger partial charge in [-0.15, -0.1) is 0 Å². The Kier molecular flexibility index (Phi) is 3.59. The van der Waals surface area contributed by atoms with E-state index in [1.807, 2.05) is 12.3 Å². The van der Waals surface area contributed by atoms with Gasteiger partial charge >= 0.3 is 0 Å². The first-order valence-electron chi connectivity index (χ1n) is 6.41. The van der Waals surface area contributed by atoms with Crippen molar-refractivity contribution in [3.05, 3.63) is 24.0 Å². The normalized spacial score (nSPS) is 18.4. The second-order valence-corrected chi connectivity index (χ2v) is 5.68. The van der Waals surface area contributed by atoms with Crippen LogP contribution in [0.25, 0.3) is 0 Å². The summed E-state index contributed by atoms with van der Waals surface area (Å²) in [6, 6.07) is 2.03. The van der Waals surface area contributed by atoms with Crippen LogP contribution in [0.3, 0.4) is 0 Å². The van der Waals surface area contributed by atoms with E-state index in [9.17, 15) is 5.11 Å². The van der Waals surface area contributed by atoms with Gasteiger partial charge in [-0.1, -0.05) is 0 Å². The van der Waals surface area contributed by atoms with Crippen molar-refractivity contribution in [2.24, 2.45) is 5.92 Å². The van der Waals surface area contributed by atoms with Crippen LogP contribution < -0.4 is 0 Å². The molecule has 17 heavy (non-hydrogen) atoms. The number of aliphatic hydroxyl groups is 1. The zero-order chi connectivity index (χ0) is 12.5. The summed E-state index contributed by atoms with van der Waals surface area (Å²) in [6.45, 7) is 5.12. The van der Waals surface area contributed by atoms with Crippen LogP contribution >= 0.6 is 0 Å². The Labute approximate surface area is 103 Å². The zero-order valence-corrected chi connectivity index (χ0v) is 11.0. The molecule has 1 aliphatic carbocycles. The zero-order valence-electron chi connectivity index (χ0n) is 11.0. The summed E-state index contributed by atoms with van der Waals surface area (Å²) in [6.07, 6.45) is 7.16. The number of hydrogen-bond acceptors (Lipinski definition) is 2. The van der Waals surface area contributed by atoms with Crippen molar-refractivity contribution >= 4 is 0 Å². The Morgan fingerprint density at radius 1 is 1.53 bits per heavy atom. The van der Waals surface area contributed by atoms with Crippen LogP contribution in [0.2, 0.25) is 0 Å². The molecule has 0 bridgehead atoms. The van der Waals surface area contributed by atoms with Gasteiger partial charge in [0.15, 0.2) is 0 Å². The summed E-state index contributed by atoms with van der Waals surface area (Å²) in [4.78, 5) is 0. The van der Waals surface area contributed by atoms with Gasteiger partial charge in [0.05, 0.1) is 11.7 Å². The van der Waals surface area contributed by atoms with Crippen molar-refractivity contribution in [3.8, 4) is 0 Å². The standard InChI is InChI=1S/C14H23NO2/c1-14(2,17-3)7-9-15-8-6-12(10-15)13(16)11-4-5-11/h6,8,10-11,13,16H,4-5,7,9H2,1-3H3. The van der Waals surface area contributed by atoms with Gasteiger partial charge in [0, 0.05) is 26.0 Å². The van der Waals surface area contributed by atoms with Crippen molar-refractivity contribution in [2.45, 2.75) is 51.4 Å². The Morgan fingerprint density at radius 3 is 2.82 bits per heavy atom. The van der Waals surface area contributed by atoms with E-state index in [4.69, 9.17) is 4.74 Å². The van der Waals surface area contributed by atoms with Crippen LogP contribution in [0.15, 0.2) is 18.5 Å². The van der Waals surface area contributed by atoms with Crippen LogP contribution in [0.1, 0.15) is 44.8 Å². The first kappa shape index (κ1) is 12.7. The van der Waals surface area contributed by atoms with E-state index in [0.29, 0.717) is 5.92 Å². The highest BCUT2D eigenvalue weighted by atomic mass is 16.5. The molecule has 1 fully saturated rings. The fraction of sp³-hybridized carbons (Fsp3) is 0.714. The molecule has 1 N–H and O–H groups in total. The van der Waals surface area contributed by atoms with E-state index in [1.165, 1.54) is 12.8 Å². The predicted octanol–water partition coefficient (Wildman–Crippen LogP) is 2.75. The van der Waals surface area contributed by atoms with Crippen molar-refractivity contribution in [1.82, 2.24) is 4.57 Å². The van der Waals surface area contributed by atoms with Crippen molar-refractivity contribution in [2.75, 3.05) is 7.11 Å². The van der Waals surface area contributed by atoms with Crippen LogP contribution in [0, 0.1) is 5.92 Å². The molecule has 96 valence electrons. The number of aryl methyl sites for hydroxylation is 1. The maximum Gasteiger partial charge on any atom is 0.0832 e. The smallest absolute Gasteiger partial charge is 0.0832 e. The largest absolute Gasteiger partial charge is 0.388 e. The van der Waals surface area contributed by atoms with Crippen molar-refractivity contribution in [3.63, 3.8) is 0 Å². The summed E-state index contributed by atoms with van der Waals surface area (Å²) in [5, 5.41) is 10.0. The average molecular weight is 237 g/mol. The first-order chi connectivity index (χ1) is 8.02. The fourth-order valence-corrected chi connectivity index (χ4v) is 1.96. The minimum absolute atomic E-state index is 0.0838. The van der Waals surface area contributed by atoms with Crippen LogP contribution in [-0.2, 0) is 11.3 Å². The van der Waals surface area contributed by atoms with Crippen LogP contribution in [0.4, 0.5) is 0 Å². The maximum atomic E-state index is 10.0. The molecule has 3 nitrogen and oxygen atoms in total. The van der Waals surface area contributed by atoms with E-state index in [1.54, 1.807) is 7.11 Å². The third kappa shape index (κ3) is 3.33. The summed E-state index contributed by atoms with van der Waals surface area (Å²) < 4.78 is 7.54. The summed E-state index contributed by atoms with van der Waals surface area (Å²) in [7, 11) is 1.75.